The van der Waals surface area contributed by atoms with Crippen LogP contribution in [-0.2, 0) is 17.9 Å². The van der Waals surface area contributed by atoms with E-state index in [2.05, 4.69) is 10.2 Å². The number of benzene rings is 3. The first kappa shape index (κ1) is 31.7. The van der Waals surface area contributed by atoms with Crippen molar-refractivity contribution in [2.24, 2.45) is 0 Å². The highest BCUT2D eigenvalue weighted by Crippen LogP contribution is 2.31. The lowest BCUT2D eigenvalue weighted by Crippen LogP contribution is -2.41. The molecule has 9 heteroatoms. The molecule has 1 aliphatic carbocycles. The molecule has 1 aliphatic rings. The van der Waals surface area contributed by atoms with Gasteiger partial charge in [0.15, 0.2) is 0 Å². The average Bonchev–Trinajstić information content (AvgIpc) is 2.95. The molecule has 3 N–H and O–H groups in total. The summed E-state index contributed by atoms with van der Waals surface area (Å²) < 4.78 is 28.1. The highest BCUT2D eigenvalue weighted by Gasteiger charge is 2.27. The number of amides is 1. The SMILES string of the molecule is CSCC[C@H](NC(=O)c1ccc(CN(Cc2cc(F)cc(F)c2)C2CCC(O)CC2)cc1-c1ccccc1C)C(=O)O. The zero-order chi connectivity index (χ0) is 30.2. The Bertz CT molecular complexity index is 1370. The number of halogens is 2. The van der Waals surface area contributed by atoms with E-state index in [-0.39, 0.29) is 12.1 Å². The van der Waals surface area contributed by atoms with Gasteiger partial charge >= 0.3 is 5.97 Å². The number of hydrogen-bond acceptors (Lipinski definition) is 5. The second-order valence-corrected chi connectivity index (χ2v) is 12.0. The van der Waals surface area contributed by atoms with E-state index >= 15 is 0 Å². The van der Waals surface area contributed by atoms with E-state index in [9.17, 15) is 28.6 Å². The van der Waals surface area contributed by atoms with Gasteiger partial charge < -0.3 is 15.5 Å². The van der Waals surface area contributed by atoms with Crippen molar-refractivity contribution in [2.75, 3.05) is 12.0 Å². The normalized spacial score (nSPS) is 17.7. The Hall–Kier alpha value is -3.27. The molecule has 0 bridgehead atoms. The van der Waals surface area contributed by atoms with Gasteiger partial charge in [0.25, 0.3) is 5.91 Å². The molecule has 3 aromatic rings. The Balaban J connectivity index is 1.68. The number of thioether (sulfide) groups is 1. The molecule has 6 nitrogen and oxygen atoms in total. The van der Waals surface area contributed by atoms with E-state index in [0.717, 1.165) is 35.6 Å². The predicted molar refractivity (Wildman–Crippen MR) is 162 cm³/mol. The fraction of sp³-hybridized carbons (Fsp3) is 0.394. The van der Waals surface area contributed by atoms with Crippen molar-refractivity contribution in [2.45, 2.75) is 70.3 Å². The Morgan fingerprint density at radius 3 is 2.26 bits per heavy atom. The second-order valence-electron chi connectivity index (χ2n) is 11.0. The second kappa shape index (κ2) is 14.8. The summed E-state index contributed by atoms with van der Waals surface area (Å²) in [6.45, 7) is 2.75. The van der Waals surface area contributed by atoms with Crippen LogP contribution in [0.2, 0.25) is 0 Å². The van der Waals surface area contributed by atoms with Crippen LogP contribution >= 0.6 is 11.8 Å². The van der Waals surface area contributed by atoms with Gasteiger partial charge in [0.2, 0.25) is 0 Å². The number of rotatable bonds is 12. The van der Waals surface area contributed by atoms with Crippen LogP contribution in [0.1, 0.15) is 59.2 Å². The summed E-state index contributed by atoms with van der Waals surface area (Å²) in [5, 5.41) is 22.5. The summed E-state index contributed by atoms with van der Waals surface area (Å²) in [6, 6.07) is 15.9. The highest BCUT2D eigenvalue weighted by atomic mass is 32.2. The highest BCUT2D eigenvalue weighted by molar-refractivity contribution is 7.98. The quantitative estimate of drug-likeness (QED) is 0.231. The Morgan fingerprint density at radius 1 is 0.952 bits per heavy atom. The van der Waals surface area contributed by atoms with Gasteiger partial charge in [-0.15, -0.1) is 0 Å². The fourth-order valence-corrected chi connectivity index (χ4v) is 6.09. The molecule has 1 amide bonds. The van der Waals surface area contributed by atoms with Crippen LogP contribution in [0.4, 0.5) is 8.78 Å². The number of carboxylic acid groups (broad SMARTS) is 1. The number of aryl methyl sites for hydroxylation is 1. The fourth-order valence-electron chi connectivity index (χ4n) is 5.62. The number of carbonyl (C=O) groups is 2. The van der Waals surface area contributed by atoms with Crippen LogP contribution in [0, 0.1) is 18.6 Å². The van der Waals surface area contributed by atoms with Gasteiger partial charge in [-0.05, 0) is 103 Å². The van der Waals surface area contributed by atoms with Crippen LogP contribution in [0.15, 0.2) is 60.7 Å². The van der Waals surface area contributed by atoms with Crippen molar-refractivity contribution in [3.8, 4) is 11.1 Å². The standard InChI is InChI=1S/C33H38F2N2O4S/c1-21-5-3-4-6-28(21)30-17-22(7-12-29(30)32(39)36-31(33(40)41)13-14-42-2)19-37(26-8-10-27(38)11-9-26)20-23-15-24(34)18-25(35)16-23/h3-7,12,15-18,26-27,31,38H,8-11,13-14,19-20H2,1-2H3,(H,36,39)(H,40,41)/t26?,27?,31-/m0/s1. The minimum absolute atomic E-state index is 0.109. The molecule has 0 aliphatic heterocycles. The largest absolute Gasteiger partial charge is 0.480 e. The zero-order valence-corrected chi connectivity index (χ0v) is 24.8. The summed E-state index contributed by atoms with van der Waals surface area (Å²) in [7, 11) is 0. The lowest BCUT2D eigenvalue weighted by Gasteiger charge is -2.36. The van der Waals surface area contributed by atoms with Gasteiger partial charge in [-0.3, -0.25) is 9.69 Å². The van der Waals surface area contributed by atoms with Gasteiger partial charge in [0.1, 0.15) is 17.7 Å². The number of carbonyl (C=O) groups excluding carboxylic acids is 1. The van der Waals surface area contributed by atoms with Gasteiger partial charge in [0.05, 0.1) is 6.10 Å². The molecule has 3 aromatic carbocycles. The van der Waals surface area contributed by atoms with E-state index in [1.165, 1.54) is 23.9 Å². The van der Waals surface area contributed by atoms with Crippen LogP contribution in [0.3, 0.4) is 0 Å². The lowest BCUT2D eigenvalue weighted by atomic mass is 9.90. The summed E-state index contributed by atoms with van der Waals surface area (Å²) in [5.74, 6) is -2.18. The molecule has 1 saturated carbocycles. The third kappa shape index (κ3) is 8.40. The average molecular weight is 597 g/mol. The molecule has 4 rings (SSSR count). The Kier molecular flexibility index (Phi) is 11.1. The minimum atomic E-state index is -1.08. The molecule has 0 spiro atoms. The van der Waals surface area contributed by atoms with Gasteiger partial charge in [-0.1, -0.05) is 30.3 Å². The maximum atomic E-state index is 14.0. The van der Waals surface area contributed by atoms with Crippen LogP contribution in [0.5, 0.6) is 0 Å². The molecule has 42 heavy (non-hydrogen) atoms. The summed E-state index contributed by atoms with van der Waals surface area (Å²) in [4.78, 5) is 27.5. The first-order valence-electron chi connectivity index (χ1n) is 14.2. The molecule has 1 fully saturated rings. The van der Waals surface area contributed by atoms with Gasteiger partial charge in [0, 0.05) is 30.8 Å². The zero-order valence-electron chi connectivity index (χ0n) is 24.0. The lowest BCUT2D eigenvalue weighted by molar-refractivity contribution is -0.139. The molecule has 1 atom stereocenters. The van der Waals surface area contributed by atoms with Gasteiger partial charge in [-0.2, -0.15) is 11.8 Å². The molecular formula is C33H38F2N2O4S. The molecular weight excluding hydrogens is 558 g/mol. The predicted octanol–water partition coefficient (Wildman–Crippen LogP) is 6.18. The summed E-state index contributed by atoms with van der Waals surface area (Å²) in [5.41, 5.74) is 4.33. The first-order valence-corrected chi connectivity index (χ1v) is 15.6. The number of nitrogens with zero attached hydrogens (tertiary/aromatic N) is 1. The maximum Gasteiger partial charge on any atom is 0.326 e. The molecule has 0 saturated heterocycles. The maximum absolute atomic E-state index is 14.0. The molecule has 0 aromatic heterocycles. The molecule has 0 heterocycles. The Labute approximate surface area is 250 Å². The van der Waals surface area contributed by atoms with E-state index in [1.807, 2.05) is 49.6 Å². The van der Waals surface area contributed by atoms with Crippen molar-refractivity contribution < 1.29 is 28.6 Å². The molecule has 224 valence electrons. The van der Waals surface area contributed by atoms with E-state index in [0.29, 0.717) is 54.8 Å². The van der Waals surface area contributed by atoms with E-state index in [1.54, 1.807) is 6.07 Å². The number of aliphatic carboxylic acids is 1. The van der Waals surface area contributed by atoms with Crippen molar-refractivity contribution in [3.05, 3.63) is 94.6 Å². The first-order chi connectivity index (χ1) is 20.1. The van der Waals surface area contributed by atoms with Crippen molar-refractivity contribution in [3.63, 3.8) is 0 Å². The number of hydrogen-bond donors (Lipinski definition) is 3. The summed E-state index contributed by atoms with van der Waals surface area (Å²) in [6.07, 6.45) is 4.70. The van der Waals surface area contributed by atoms with E-state index in [4.69, 9.17) is 0 Å². The third-order valence-electron chi connectivity index (χ3n) is 7.85. The Morgan fingerprint density at radius 2 is 1.62 bits per heavy atom. The topological polar surface area (TPSA) is 89.9 Å². The summed E-state index contributed by atoms with van der Waals surface area (Å²) >= 11 is 1.52. The van der Waals surface area contributed by atoms with Crippen LogP contribution in [-0.4, -0.2) is 57.2 Å². The monoisotopic (exact) mass is 596 g/mol. The molecule has 0 radical (unpaired) electrons. The number of nitrogens with one attached hydrogen (secondary N) is 1. The minimum Gasteiger partial charge on any atom is -0.480 e. The van der Waals surface area contributed by atoms with Crippen molar-refractivity contribution in [1.82, 2.24) is 10.2 Å². The number of aliphatic hydroxyl groups is 1. The number of carboxylic acids is 1. The smallest absolute Gasteiger partial charge is 0.326 e. The number of aliphatic hydroxyl groups excluding tert-OH is 1. The van der Waals surface area contributed by atoms with Gasteiger partial charge in [-0.25, -0.2) is 13.6 Å². The van der Waals surface area contributed by atoms with Crippen LogP contribution in [0.25, 0.3) is 11.1 Å². The van der Waals surface area contributed by atoms with Crippen LogP contribution < -0.4 is 5.32 Å². The molecule has 0 unspecified atom stereocenters. The van der Waals surface area contributed by atoms with Crippen molar-refractivity contribution in [1.29, 1.82) is 0 Å². The third-order valence-corrected chi connectivity index (χ3v) is 8.50. The van der Waals surface area contributed by atoms with E-state index < -0.39 is 29.6 Å². The van der Waals surface area contributed by atoms with Crippen molar-refractivity contribution >= 4 is 23.6 Å².